The van der Waals surface area contributed by atoms with Crippen molar-refractivity contribution in [1.29, 1.82) is 0 Å². The zero-order valence-corrected chi connectivity index (χ0v) is 16.0. The minimum atomic E-state index is -3.47. The third-order valence-corrected chi connectivity index (χ3v) is 6.58. The first-order chi connectivity index (χ1) is 12.5. The van der Waals surface area contributed by atoms with Gasteiger partial charge in [0.15, 0.2) is 0 Å². The van der Waals surface area contributed by atoms with E-state index in [1.54, 1.807) is 23.9 Å². The third kappa shape index (κ3) is 5.59. The summed E-state index contributed by atoms with van der Waals surface area (Å²) < 4.78 is 26.8. The summed E-state index contributed by atoms with van der Waals surface area (Å²) in [6, 6.07) is 16.3. The van der Waals surface area contributed by atoms with E-state index in [4.69, 9.17) is 0 Å². The van der Waals surface area contributed by atoms with E-state index in [0.29, 0.717) is 12.1 Å². The highest BCUT2D eigenvalue weighted by molar-refractivity contribution is 7.99. The summed E-state index contributed by atoms with van der Waals surface area (Å²) in [4.78, 5) is 13.6. The monoisotopic (exact) mass is 390 g/mol. The lowest BCUT2D eigenvalue weighted by atomic mass is 10.2. The molecule has 1 fully saturated rings. The van der Waals surface area contributed by atoms with Gasteiger partial charge >= 0.3 is 0 Å². The highest BCUT2D eigenvalue weighted by Gasteiger charge is 2.27. The second-order valence-electron chi connectivity index (χ2n) is 6.19. The predicted molar refractivity (Wildman–Crippen MR) is 104 cm³/mol. The maximum Gasteiger partial charge on any atom is 0.251 e. The minimum absolute atomic E-state index is 0.0664. The van der Waals surface area contributed by atoms with E-state index in [9.17, 15) is 13.2 Å². The van der Waals surface area contributed by atoms with Gasteiger partial charge in [-0.25, -0.2) is 13.1 Å². The second kappa shape index (κ2) is 8.70. The van der Waals surface area contributed by atoms with Crippen LogP contribution < -0.4 is 10.0 Å². The second-order valence-corrected chi connectivity index (χ2v) is 9.07. The van der Waals surface area contributed by atoms with Crippen LogP contribution in [0.4, 0.5) is 0 Å². The molecule has 0 heterocycles. The van der Waals surface area contributed by atoms with Gasteiger partial charge in [0, 0.05) is 23.0 Å². The van der Waals surface area contributed by atoms with E-state index in [2.05, 4.69) is 22.2 Å². The quantitative estimate of drug-likeness (QED) is 0.510. The summed E-state index contributed by atoms with van der Waals surface area (Å²) in [5.74, 6) is 0.739. The Morgan fingerprint density at radius 3 is 2.38 bits per heavy atom. The van der Waals surface area contributed by atoms with Crippen LogP contribution in [0.3, 0.4) is 0 Å². The number of hydrogen-bond acceptors (Lipinski definition) is 4. The van der Waals surface area contributed by atoms with Gasteiger partial charge in [-0.1, -0.05) is 18.2 Å². The number of hydrogen-bond donors (Lipinski definition) is 2. The molecule has 26 heavy (non-hydrogen) atoms. The Balaban J connectivity index is 1.43. The van der Waals surface area contributed by atoms with Crippen LogP contribution >= 0.6 is 11.8 Å². The lowest BCUT2D eigenvalue weighted by Crippen LogP contribution is -2.26. The summed E-state index contributed by atoms with van der Waals surface area (Å²) >= 11 is 1.76. The molecule has 0 atom stereocenters. The van der Waals surface area contributed by atoms with E-state index in [-0.39, 0.29) is 16.8 Å². The minimum Gasteiger partial charge on any atom is -0.352 e. The van der Waals surface area contributed by atoms with E-state index >= 15 is 0 Å². The first kappa shape index (κ1) is 18.9. The van der Waals surface area contributed by atoms with Crippen molar-refractivity contribution in [3.63, 3.8) is 0 Å². The summed E-state index contributed by atoms with van der Waals surface area (Å²) in [5.41, 5.74) is 0.464. The molecule has 1 saturated carbocycles. The number of carbonyl (C=O) groups excluding carboxylic acids is 1. The van der Waals surface area contributed by atoms with Gasteiger partial charge in [0.25, 0.3) is 5.91 Å². The van der Waals surface area contributed by atoms with Gasteiger partial charge in [-0.05, 0) is 61.4 Å². The molecule has 0 aliphatic heterocycles. The van der Waals surface area contributed by atoms with Crippen molar-refractivity contribution in [1.82, 2.24) is 10.0 Å². The third-order valence-electron chi connectivity index (χ3n) is 3.94. The first-order valence-electron chi connectivity index (χ1n) is 8.63. The molecule has 0 aromatic heterocycles. The molecule has 1 aliphatic rings. The largest absolute Gasteiger partial charge is 0.352 e. The highest BCUT2D eigenvalue weighted by Crippen LogP contribution is 2.22. The van der Waals surface area contributed by atoms with Gasteiger partial charge < -0.3 is 5.32 Å². The fourth-order valence-electron chi connectivity index (χ4n) is 2.36. The maximum absolute atomic E-state index is 12.1. The predicted octanol–water partition coefficient (Wildman–Crippen LogP) is 3.04. The number of amides is 1. The van der Waals surface area contributed by atoms with Crippen molar-refractivity contribution >= 4 is 27.7 Å². The van der Waals surface area contributed by atoms with Crippen LogP contribution in [0.5, 0.6) is 0 Å². The van der Waals surface area contributed by atoms with E-state index in [1.807, 2.05) is 18.2 Å². The Bertz CT molecular complexity index is 833. The van der Waals surface area contributed by atoms with Crippen molar-refractivity contribution < 1.29 is 13.2 Å². The lowest BCUT2D eigenvalue weighted by Gasteiger charge is -2.08. The van der Waals surface area contributed by atoms with Crippen LogP contribution in [0.1, 0.15) is 29.6 Å². The van der Waals surface area contributed by atoms with Crippen LogP contribution in [0.25, 0.3) is 0 Å². The molecule has 138 valence electrons. The first-order valence-corrected chi connectivity index (χ1v) is 11.1. The zero-order valence-electron chi connectivity index (χ0n) is 14.4. The van der Waals surface area contributed by atoms with Crippen LogP contribution in [0, 0.1) is 0 Å². The smallest absolute Gasteiger partial charge is 0.251 e. The summed E-state index contributed by atoms with van der Waals surface area (Å²) in [6.45, 7) is 0.585. The van der Waals surface area contributed by atoms with Crippen molar-refractivity contribution in [2.45, 2.75) is 35.1 Å². The van der Waals surface area contributed by atoms with E-state index in [0.717, 1.165) is 25.0 Å². The Labute approximate surface area is 158 Å². The molecular formula is C19H22N2O3S2. The molecule has 0 bridgehead atoms. The number of nitrogens with one attached hydrogen (secondary N) is 2. The van der Waals surface area contributed by atoms with Crippen molar-refractivity contribution in [2.24, 2.45) is 0 Å². The van der Waals surface area contributed by atoms with Gasteiger partial charge in [0.2, 0.25) is 10.0 Å². The molecular weight excluding hydrogens is 368 g/mol. The van der Waals surface area contributed by atoms with Crippen LogP contribution in [0.15, 0.2) is 64.4 Å². The molecule has 1 aliphatic carbocycles. The standard InChI is InChI=1S/C19H22N2O3S2/c22-19(20-13-4-14-25-17-5-2-1-3-6-17)15-7-11-18(12-8-15)26(23,24)21-16-9-10-16/h1-3,5-8,11-12,16,21H,4,9-10,13-14H2,(H,20,22). The van der Waals surface area contributed by atoms with Crippen LogP contribution in [-0.2, 0) is 10.0 Å². The van der Waals surface area contributed by atoms with Gasteiger partial charge in [0.1, 0.15) is 0 Å². The van der Waals surface area contributed by atoms with Gasteiger partial charge in [-0.2, -0.15) is 0 Å². The molecule has 0 saturated heterocycles. The number of carbonyl (C=O) groups is 1. The summed E-state index contributed by atoms with van der Waals surface area (Å²) in [7, 11) is -3.47. The summed E-state index contributed by atoms with van der Waals surface area (Å²) in [5, 5.41) is 2.87. The lowest BCUT2D eigenvalue weighted by molar-refractivity contribution is 0.0953. The molecule has 0 unspecified atom stereocenters. The number of benzene rings is 2. The Morgan fingerprint density at radius 1 is 1.04 bits per heavy atom. The molecule has 2 aromatic carbocycles. The average molecular weight is 391 g/mol. The number of rotatable bonds is 9. The van der Waals surface area contributed by atoms with Crippen molar-refractivity contribution in [3.05, 3.63) is 60.2 Å². The maximum atomic E-state index is 12.1. The van der Waals surface area contributed by atoms with Crippen LogP contribution in [-0.4, -0.2) is 32.7 Å². The van der Waals surface area contributed by atoms with Gasteiger partial charge in [0.05, 0.1) is 4.90 Å². The molecule has 2 aromatic rings. The SMILES string of the molecule is O=C(NCCCSc1ccccc1)c1ccc(S(=O)(=O)NC2CC2)cc1. The normalized spacial score (nSPS) is 14.2. The summed E-state index contributed by atoms with van der Waals surface area (Å²) in [6.07, 6.45) is 2.65. The molecule has 7 heteroatoms. The molecule has 3 rings (SSSR count). The van der Waals surface area contributed by atoms with Crippen molar-refractivity contribution in [2.75, 3.05) is 12.3 Å². The Morgan fingerprint density at radius 2 is 1.73 bits per heavy atom. The van der Waals surface area contributed by atoms with Crippen molar-refractivity contribution in [3.8, 4) is 0 Å². The molecule has 0 spiro atoms. The van der Waals surface area contributed by atoms with Gasteiger partial charge in [-0.15, -0.1) is 11.8 Å². The Hall–Kier alpha value is -1.83. The van der Waals surface area contributed by atoms with E-state index < -0.39 is 10.0 Å². The molecule has 1 amide bonds. The Kier molecular flexibility index (Phi) is 6.34. The molecule has 0 radical (unpaired) electrons. The molecule has 2 N–H and O–H groups in total. The van der Waals surface area contributed by atoms with Gasteiger partial charge in [-0.3, -0.25) is 4.79 Å². The van der Waals surface area contributed by atoms with E-state index in [1.165, 1.54) is 17.0 Å². The highest BCUT2D eigenvalue weighted by atomic mass is 32.2. The average Bonchev–Trinajstić information content (AvgIpc) is 3.45. The topological polar surface area (TPSA) is 75.3 Å². The van der Waals surface area contributed by atoms with Crippen LogP contribution in [0.2, 0.25) is 0 Å². The number of sulfonamides is 1. The number of thioether (sulfide) groups is 1. The fraction of sp³-hybridized carbons (Fsp3) is 0.316. The zero-order chi connectivity index (χ0) is 18.4. The molecule has 5 nitrogen and oxygen atoms in total. The fourth-order valence-corrected chi connectivity index (χ4v) is 4.54.